The Morgan fingerprint density at radius 1 is 1.25 bits per heavy atom. The summed E-state index contributed by atoms with van der Waals surface area (Å²) in [6, 6.07) is 3.72. The number of hydrogen-bond acceptors (Lipinski definition) is 5. The molecule has 6 nitrogen and oxygen atoms in total. The Morgan fingerprint density at radius 2 is 2.07 bits per heavy atom. The fraction of sp³-hybridized carbons (Fsp3) is 0.524. The highest BCUT2D eigenvalue weighted by Crippen LogP contribution is 2.40. The highest BCUT2D eigenvalue weighted by molar-refractivity contribution is 7.13. The second-order valence-corrected chi connectivity index (χ2v) is 8.81. The molecule has 0 aliphatic carbocycles. The van der Waals surface area contributed by atoms with Gasteiger partial charge in [-0.3, -0.25) is 14.6 Å². The van der Waals surface area contributed by atoms with Crippen LogP contribution in [0.3, 0.4) is 0 Å². The summed E-state index contributed by atoms with van der Waals surface area (Å²) in [6.07, 6.45) is 5.43. The van der Waals surface area contributed by atoms with Crippen LogP contribution in [0.4, 0.5) is 0 Å². The van der Waals surface area contributed by atoms with Crippen molar-refractivity contribution >= 4 is 23.2 Å². The summed E-state index contributed by atoms with van der Waals surface area (Å²) in [5.41, 5.74) is 3.72. The number of thiazole rings is 1. The molecule has 28 heavy (non-hydrogen) atoms. The molecule has 148 valence electrons. The molecule has 2 aromatic heterocycles. The van der Waals surface area contributed by atoms with E-state index in [2.05, 4.69) is 16.9 Å². The van der Waals surface area contributed by atoms with E-state index in [1.807, 2.05) is 28.9 Å². The Morgan fingerprint density at radius 3 is 2.79 bits per heavy atom. The van der Waals surface area contributed by atoms with Crippen LogP contribution < -0.4 is 0 Å². The third-order valence-corrected chi connectivity index (χ3v) is 7.23. The zero-order valence-corrected chi connectivity index (χ0v) is 17.5. The van der Waals surface area contributed by atoms with Gasteiger partial charge in [0.05, 0.1) is 38.9 Å². The molecule has 0 aromatic carbocycles. The van der Waals surface area contributed by atoms with E-state index in [0.717, 1.165) is 49.3 Å². The van der Waals surface area contributed by atoms with Crippen molar-refractivity contribution in [2.75, 3.05) is 13.1 Å². The van der Waals surface area contributed by atoms with Crippen molar-refractivity contribution in [3.8, 4) is 10.6 Å². The summed E-state index contributed by atoms with van der Waals surface area (Å²) < 4.78 is 0. The van der Waals surface area contributed by atoms with Crippen LogP contribution in [0.5, 0.6) is 0 Å². The largest absolute Gasteiger partial charge is 0.335 e. The van der Waals surface area contributed by atoms with Crippen LogP contribution in [-0.2, 0) is 4.79 Å². The fourth-order valence-electron chi connectivity index (χ4n) is 4.95. The number of rotatable bonds is 2. The van der Waals surface area contributed by atoms with E-state index in [1.165, 1.54) is 11.3 Å². The number of carbonyl (C=O) groups is 2. The molecule has 4 rings (SSSR count). The molecule has 2 aromatic rings. The van der Waals surface area contributed by atoms with Crippen LogP contribution in [0.15, 0.2) is 23.8 Å². The van der Waals surface area contributed by atoms with Gasteiger partial charge in [-0.25, -0.2) is 4.98 Å². The number of amides is 2. The highest BCUT2D eigenvalue weighted by Gasteiger charge is 2.49. The smallest absolute Gasteiger partial charge is 0.256 e. The monoisotopic (exact) mass is 398 g/mol. The molecule has 2 aliphatic heterocycles. The number of hydrogen-bond donors (Lipinski definition) is 0. The van der Waals surface area contributed by atoms with E-state index >= 15 is 0 Å². The van der Waals surface area contributed by atoms with E-state index in [-0.39, 0.29) is 23.4 Å². The number of aromatic nitrogens is 2. The van der Waals surface area contributed by atoms with E-state index in [4.69, 9.17) is 0 Å². The van der Waals surface area contributed by atoms with Gasteiger partial charge in [0.1, 0.15) is 0 Å². The summed E-state index contributed by atoms with van der Waals surface area (Å²) >= 11 is 1.51. The maximum Gasteiger partial charge on any atom is 0.256 e. The Balaban J connectivity index is 1.71. The Kier molecular flexibility index (Phi) is 4.95. The average molecular weight is 399 g/mol. The third kappa shape index (κ3) is 3.02. The number of aryl methyl sites for hydroxylation is 1. The average Bonchev–Trinajstić information content (AvgIpc) is 3.11. The van der Waals surface area contributed by atoms with Crippen LogP contribution >= 0.6 is 11.3 Å². The first-order valence-electron chi connectivity index (χ1n) is 9.88. The first kappa shape index (κ1) is 19.1. The lowest BCUT2D eigenvalue weighted by Gasteiger charge is -2.56. The lowest BCUT2D eigenvalue weighted by atomic mass is 9.75. The highest BCUT2D eigenvalue weighted by atomic mass is 32.1. The number of carbonyl (C=O) groups excluding carboxylic acids is 2. The lowest BCUT2D eigenvalue weighted by Crippen LogP contribution is -2.68. The SMILES string of the molecule is CC(=O)N1CCC[C@H]2N(C(=O)c3cccnc3-c3scnc3C)CCC[C@@]21C. The van der Waals surface area contributed by atoms with Gasteiger partial charge < -0.3 is 9.80 Å². The molecule has 0 spiro atoms. The minimum Gasteiger partial charge on any atom is -0.335 e. The van der Waals surface area contributed by atoms with Crippen molar-refractivity contribution in [3.63, 3.8) is 0 Å². The Hall–Kier alpha value is -2.28. The Bertz CT molecular complexity index is 911. The van der Waals surface area contributed by atoms with Crippen LogP contribution in [-0.4, -0.2) is 56.3 Å². The van der Waals surface area contributed by atoms with E-state index in [9.17, 15) is 9.59 Å². The number of likely N-dealkylation sites (tertiary alicyclic amines) is 2. The van der Waals surface area contributed by atoms with Gasteiger partial charge in [-0.15, -0.1) is 11.3 Å². The van der Waals surface area contributed by atoms with Crippen LogP contribution in [0.1, 0.15) is 55.6 Å². The van der Waals surface area contributed by atoms with Gasteiger partial charge in [-0.1, -0.05) is 0 Å². The molecule has 7 heteroatoms. The van der Waals surface area contributed by atoms with E-state index < -0.39 is 0 Å². The number of fused-ring (bicyclic) bond motifs is 1. The van der Waals surface area contributed by atoms with Crippen molar-refractivity contribution in [2.45, 2.75) is 58.0 Å². The van der Waals surface area contributed by atoms with Crippen molar-refractivity contribution in [1.82, 2.24) is 19.8 Å². The molecule has 2 aliphatic rings. The molecule has 2 atom stereocenters. The van der Waals surface area contributed by atoms with Gasteiger partial charge in [0.25, 0.3) is 5.91 Å². The topological polar surface area (TPSA) is 66.4 Å². The van der Waals surface area contributed by atoms with Crippen molar-refractivity contribution in [3.05, 3.63) is 35.1 Å². The standard InChI is InChI=1S/C21H26N4O2S/c1-14-19(28-13-23-14)18-16(7-4-10-22-18)20(27)24-11-6-9-21(3)17(24)8-5-12-25(21)15(2)26/h4,7,10,13,17H,5-6,8-9,11-12H2,1-3H3/t17-,21+/m1/s1. The molecule has 0 bridgehead atoms. The minimum atomic E-state index is -0.291. The number of pyridine rings is 1. The molecular weight excluding hydrogens is 372 g/mol. The van der Waals surface area contributed by atoms with Gasteiger partial charge in [-0.2, -0.15) is 0 Å². The first-order valence-corrected chi connectivity index (χ1v) is 10.8. The molecule has 0 unspecified atom stereocenters. The van der Waals surface area contributed by atoms with Gasteiger partial charge in [0.15, 0.2) is 0 Å². The van der Waals surface area contributed by atoms with E-state index in [0.29, 0.717) is 11.3 Å². The summed E-state index contributed by atoms with van der Waals surface area (Å²) in [4.78, 5) is 39.7. The second kappa shape index (κ2) is 7.28. The molecule has 2 amide bonds. The van der Waals surface area contributed by atoms with Gasteiger partial charge >= 0.3 is 0 Å². The summed E-state index contributed by atoms with van der Waals surface area (Å²) in [5, 5.41) is 0. The molecule has 0 N–H and O–H groups in total. The van der Waals surface area contributed by atoms with Gasteiger partial charge in [0.2, 0.25) is 5.91 Å². The zero-order chi connectivity index (χ0) is 19.9. The molecule has 0 radical (unpaired) electrons. The molecule has 2 fully saturated rings. The van der Waals surface area contributed by atoms with Crippen LogP contribution in [0.25, 0.3) is 10.6 Å². The van der Waals surface area contributed by atoms with Crippen molar-refractivity contribution in [1.29, 1.82) is 0 Å². The number of nitrogens with zero attached hydrogens (tertiary/aromatic N) is 4. The summed E-state index contributed by atoms with van der Waals surface area (Å²) in [5.74, 6) is 0.112. The van der Waals surface area contributed by atoms with Crippen LogP contribution in [0.2, 0.25) is 0 Å². The molecule has 4 heterocycles. The Labute approximate surface area is 169 Å². The van der Waals surface area contributed by atoms with Gasteiger partial charge in [0, 0.05) is 26.2 Å². The van der Waals surface area contributed by atoms with Crippen LogP contribution in [0, 0.1) is 6.92 Å². The summed E-state index contributed by atoms with van der Waals surface area (Å²) in [6.45, 7) is 7.23. The predicted molar refractivity (Wildman–Crippen MR) is 109 cm³/mol. The minimum absolute atomic E-state index is 0.0113. The first-order chi connectivity index (χ1) is 13.4. The maximum absolute atomic E-state index is 13.7. The zero-order valence-electron chi connectivity index (χ0n) is 16.6. The van der Waals surface area contributed by atoms with Crippen molar-refractivity contribution in [2.24, 2.45) is 0 Å². The normalized spacial score (nSPS) is 24.8. The number of piperidine rings is 2. The van der Waals surface area contributed by atoms with Crippen molar-refractivity contribution < 1.29 is 9.59 Å². The van der Waals surface area contributed by atoms with Gasteiger partial charge in [-0.05, 0) is 51.7 Å². The van der Waals surface area contributed by atoms with E-state index in [1.54, 1.807) is 18.6 Å². The predicted octanol–water partition coefficient (Wildman–Crippen LogP) is 3.52. The molecule has 0 saturated carbocycles. The molecular formula is C21H26N4O2S. The second-order valence-electron chi connectivity index (χ2n) is 7.95. The fourth-order valence-corrected chi connectivity index (χ4v) is 5.76. The third-order valence-electron chi connectivity index (χ3n) is 6.29. The quantitative estimate of drug-likeness (QED) is 0.776. The molecule has 2 saturated heterocycles. The lowest BCUT2D eigenvalue weighted by molar-refractivity contribution is -0.143. The maximum atomic E-state index is 13.7. The summed E-state index contributed by atoms with van der Waals surface area (Å²) in [7, 11) is 0.